The van der Waals surface area contributed by atoms with Gasteiger partial charge in [-0.05, 0) is 52.6 Å². The van der Waals surface area contributed by atoms with E-state index in [4.69, 9.17) is 0 Å². The molecule has 0 spiro atoms. The average Bonchev–Trinajstić information content (AvgIpc) is 3.38. The van der Waals surface area contributed by atoms with Crippen molar-refractivity contribution in [2.45, 2.75) is 18.9 Å². The number of benzene rings is 2. The van der Waals surface area contributed by atoms with Crippen molar-refractivity contribution in [2.75, 3.05) is 0 Å². The molecule has 2 aromatic carbocycles. The molecule has 1 atom stereocenters. The lowest BCUT2D eigenvalue weighted by Gasteiger charge is -2.25. The van der Waals surface area contributed by atoms with E-state index >= 15 is 0 Å². The van der Waals surface area contributed by atoms with Crippen LogP contribution in [0.25, 0.3) is 21.8 Å². The van der Waals surface area contributed by atoms with Gasteiger partial charge in [0, 0.05) is 7.05 Å². The molecule has 2 heterocycles. The maximum Gasteiger partial charge on any atom is 0.150 e. The summed E-state index contributed by atoms with van der Waals surface area (Å²) in [5.41, 5.74) is 5.78. The zero-order valence-corrected chi connectivity index (χ0v) is 16.1. The molecule has 4 aromatic rings. The van der Waals surface area contributed by atoms with Gasteiger partial charge in [0.1, 0.15) is 11.4 Å². The fourth-order valence-electron chi connectivity index (χ4n) is 4.09. The minimum absolute atomic E-state index is 0.793. The van der Waals surface area contributed by atoms with E-state index in [-0.39, 0.29) is 0 Å². The van der Waals surface area contributed by atoms with E-state index in [1.165, 1.54) is 22.3 Å². The number of thiophene rings is 1. The molecular weight excluding hydrogens is 352 g/mol. The van der Waals surface area contributed by atoms with E-state index in [0.717, 1.165) is 28.4 Å². The Balaban J connectivity index is 1.56. The summed E-state index contributed by atoms with van der Waals surface area (Å²) in [6.07, 6.45) is 2.71. The molecule has 1 aliphatic rings. The molecule has 0 amide bonds. The third-order valence-electron chi connectivity index (χ3n) is 5.58. The van der Waals surface area contributed by atoms with E-state index < -0.39 is 5.60 Å². The van der Waals surface area contributed by atoms with E-state index in [0.29, 0.717) is 0 Å². The molecule has 5 rings (SSSR count). The van der Waals surface area contributed by atoms with Crippen LogP contribution in [0.3, 0.4) is 0 Å². The van der Waals surface area contributed by atoms with Gasteiger partial charge in [-0.15, -0.1) is 11.3 Å². The van der Waals surface area contributed by atoms with Crippen LogP contribution >= 0.6 is 11.3 Å². The Hall–Kier alpha value is -2.69. The van der Waals surface area contributed by atoms with Gasteiger partial charge in [-0.1, -0.05) is 48.5 Å². The zero-order valence-electron chi connectivity index (χ0n) is 15.3. The molecule has 0 radical (unpaired) electrons. The molecule has 0 saturated heterocycles. The summed E-state index contributed by atoms with van der Waals surface area (Å²) in [7, 11) is 1.97. The van der Waals surface area contributed by atoms with Crippen molar-refractivity contribution in [2.24, 2.45) is 7.05 Å². The SMILES string of the molecule is Cn1c(C(C)(O)c2ccc3c(c2)Cc2ccccc2-3)cnc1-c1cccs1. The first-order valence-electron chi connectivity index (χ1n) is 9.06. The molecule has 1 unspecified atom stereocenters. The van der Waals surface area contributed by atoms with Crippen LogP contribution in [-0.4, -0.2) is 14.7 Å². The Labute approximate surface area is 162 Å². The molecule has 2 aromatic heterocycles. The van der Waals surface area contributed by atoms with Crippen molar-refractivity contribution >= 4 is 11.3 Å². The van der Waals surface area contributed by atoms with Crippen LogP contribution in [0, 0.1) is 0 Å². The number of fused-ring (bicyclic) bond motifs is 3. The monoisotopic (exact) mass is 372 g/mol. The smallest absolute Gasteiger partial charge is 0.150 e. The van der Waals surface area contributed by atoms with Crippen molar-refractivity contribution in [3.8, 4) is 21.8 Å². The second kappa shape index (κ2) is 5.91. The number of aromatic nitrogens is 2. The van der Waals surface area contributed by atoms with Crippen LogP contribution in [0.4, 0.5) is 0 Å². The number of imidazole rings is 1. The van der Waals surface area contributed by atoms with Crippen molar-refractivity contribution in [3.63, 3.8) is 0 Å². The van der Waals surface area contributed by atoms with E-state index in [1.807, 2.05) is 36.1 Å². The average molecular weight is 372 g/mol. The highest BCUT2D eigenvalue weighted by atomic mass is 32.1. The first-order valence-corrected chi connectivity index (χ1v) is 9.94. The second-order valence-corrected chi connectivity index (χ2v) is 8.23. The second-order valence-electron chi connectivity index (χ2n) is 7.28. The molecule has 3 nitrogen and oxygen atoms in total. The summed E-state index contributed by atoms with van der Waals surface area (Å²) < 4.78 is 1.99. The van der Waals surface area contributed by atoms with E-state index in [2.05, 4.69) is 47.4 Å². The van der Waals surface area contributed by atoms with Crippen LogP contribution < -0.4 is 0 Å². The fourth-order valence-corrected chi connectivity index (χ4v) is 4.85. The topological polar surface area (TPSA) is 38.0 Å². The van der Waals surface area contributed by atoms with Gasteiger partial charge in [0.15, 0.2) is 0 Å². The van der Waals surface area contributed by atoms with E-state index in [1.54, 1.807) is 17.5 Å². The Bertz CT molecular complexity index is 1140. The normalized spacial score (nSPS) is 14.6. The number of hydrogen-bond acceptors (Lipinski definition) is 3. The minimum Gasteiger partial charge on any atom is -0.379 e. The predicted molar refractivity (Wildman–Crippen MR) is 110 cm³/mol. The Kier molecular flexibility index (Phi) is 3.61. The molecule has 27 heavy (non-hydrogen) atoms. The third kappa shape index (κ3) is 2.48. The number of nitrogens with zero attached hydrogens (tertiary/aromatic N) is 2. The van der Waals surface area contributed by atoms with E-state index in [9.17, 15) is 5.11 Å². The van der Waals surface area contributed by atoms with Gasteiger partial charge in [-0.25, -0.2) is 4.98 Å². The Morgan fingerprint density at radius 3 is 2.67 bits per heavy atom. The van der Waals surface area contributed by atoms with Crippen LogP contribution in [0.15, 0.2) is 66.2 Å². The van der Waals surface area contributed by atoms with Gasteiger partial charge >= 0.3 is 0 Å². The first kappa shape index (κ1) is 16.5. The quantitative estimate of drug-likeness (QED) is 0.485. The van der Waals surface area contributed by atoms with Crippen molar-refractivity contribution in [1.29, 1.82) is 0 Å². The lowest BCUT2D eigenvalue weighted by molar-refractivity contribution is 0.0942. The standard InChI is InChI=1S/C23H20N2OS/c1-23(26,21-14-24-22(25(21)2)20-8-5-11-27-20)17-9-10-19-16(13-17)12-15-6-3-4-7-18(15)19/h3-11,13-14,26H,12H2,1-2H3. The number of aliphatic hydroxyl groups is 1. The highest BCUT2D eigenvalue weighted by Crippen LogP contribution is 2.40. The summed E-state index contributed by atoms with van der Waals surface area (Å²) in [5.74, 6) is 0.883. The number of rotatable bonds is 3. The van der Waals surface area contributed by atoms with Gasteiger partial charge in [0.2, 0.25) is 0 Å². The fraction of sp³-hybridized carbons (Fsp3) is 0.174. The first-order chi connectivity index (χ1) is 13.1. The van der Waals surface area contributed by atoms with Crippen LogP contribution in [0.2, 0.25) is 0 Å². The van der Waals surface area contributed by atoms with Gasteiger partial charge < -0.3 is 9.67 Å². The molecule has 1 aliphatic carbocycles. The zero-order chi connectivity index (χ0) is 18.6. The Morgan fingerprint density at radius 1 is 1.04 bits per heavy atom. The minimum atomic E-state index is -1.11. The Morgan fingerprint density at radius 2 is 1.85 bits per heavy atom. The van der Waals surface area contributed by atoms with Crippen LogP contribution in [0.5, 0.6) is 0 Å². The molecule has 1 N–H and O–H groups in total. The summed E-state index contributed by atoms with van der Waals surface area (Å²) in [5, 5.41) is 13.5. The van der Waals surface area contributed by atoms with Gasteiger partial charge in [0.25, 0.3) is 0 Å². The summed E-state index contributed by atoms with van der Waals surface area (Å²) in [6.45, 7) is 1.85. The molecule has 0 fully saturated rings. The molecule has 134 valence electrons. The van der Waals surface area contributed by atoms with Gasteiger partial charge in [0.05, 0.1) is 16.8 Å². The lowest BCUT2D eigenvalue weighted by Crippen LogP contribution is -2.26. The largest absolute Gasteiger partial charge is 0.379 e. The summed E-state index contributed by atoms with van der Waals surface area (Å²) in [4.78, 5) is 5.67. The maximum absolute atomic E-state index is 11.4. The predicted octanol–water partition coefficient (Wildman–Crippen LogP) is 4.98. The summed E-state index contributed by atoms with van der Waals surface area (Å²) >= 11 is 1.65. The highest BCUT2D eigenvalue weighted by molar-refractivity contribution is 7.13. The number of hydrogen-bond donors (Lipinski definition) is 1. The summed E-state index contributed by atoms with van der Waals surface area (Å²) in [6, 6.07) is 18.9. The lowest BCUT2D eigenvalue weighted by atomic mass is 9.90. The molecular formula is C23H20N2OS. The van der Waals surface area contributed by atoms with Gasteiger partial charge in [-0.3, -0.25) is 0 Å². The third-order valence-corrected chi connectivity index (χ3v) is 6.45. The highest BCUT2D eigenvalue weighted by Gasteiger charge is 2.31. The van der Waals surface area contributed by atoms with Crippen LogP contribution in [0.1, 0.15) is 29.3 Å². The molecule has 0 aliphatic heterocycles. The van der Waals surface area contributed by atoms with Crippen molar-refractivity contribution in [1.82, 2.24) is 9.55 Å². The van der Waals surface area contributed by atoms with Crippen LogP contribution in [-0.2, 0) is 19.1 Å². The molecule has 0 bridgehead atoms. The van der Waals surface area contributed by atoms with Crippen molar-refractivity contribution < 1.29 is 5.11 Å². The maximum atomic E-state index is 11.4. The molecule has 0 saturated carbocycles. The van der Waals surface area contributed by atoms with Gasteiger partial charge in [-0.2, -0.15) is 0 Å². The van der Waals surface area contributed by atoms with Crippen molar-refractivity contribution in [3.05, 3.63) is 88.6 Å². The molecule has 4 heteroatoms.